The van der Waals surface area contributed by atoms with E-state index in [-0.39, 0.29) is 23.1 Å². The monoisotopic (exact) mass is 298 g/mol. The number of hydrogen-bond acceptors (Lipinski definition) is 3. The molecule has 0 unspecified atom stereocenters. The summed E-state index contributed by atoms with van der Waals surface area (Å²) in [5, 5.41) is 16.1. The molecule has 0 radical (unpaired) electrons. The largest absolute Gasteiger partial charge is 0.507 e. The second kappa shape index (κ2) is 6.60. The van der Waals surface area contributed by atoms with E-state index >= 15 is 0 Å². The Balaban J connectivity index is 2.30. The lowest BCUT2D eigenvalue weighted by Crippen LogP contribution is -2.24. The van der Waals surface area contributed by atoms with E-state index in [2.05, 4.69) is 10.5 Å². The third kappa shape index (κ3) is 3.45. The first-order valence-corrected chi connectivity index (χ1v) is 7.49. The molecule has 4 heteroatoms. The summed E-state index contributed by atoms with van der Waals surface area (Å²) in [6, 6.07) is 10.9. The Morgan fingerprint density at radius 3 is 2.14 bits per heavy atom. The number of amides is 1. The molecule has 22 heavy (non-hydrogen) atoms. The highest BCUT2D eigenvalue weighted by molar-refractivity contribution is 6.02. The lowest BCUT2D eigenvalue weighted by molar-refractivity contribution is 0.0952. The van der Waals surface area contributed by atoms with Gasteiger partial charge in [0.1, 0.15) is 5.75 Å². The predicted molar refractivity (Wildman–Crippen MR) is 90.2 cm³/mol. The van der Waals surface area contributed by atoms with Crippen molar-refractivity contribution < 1.29 is 9.90 Å². The number of benzene rings is 2. The van der Waals surface area contributed by atoms with Gasteiger partial charge in [0, 0.05) is 5.71 Å². The number of phenols is 1. The van der Waals surface area contributed by atoms with E-state index in [0.29, 0.717) is 0 Å². The van der Waals surface area contributed by atoms with Crippen LogP contribution in [0.5, 0.6) is 5.75 Å². The van der Waals surface area contributed by atoms with Crippen molar-refractivity contribution in [1.82, 2.24) is 5.43 Å². The molecule has 0 fully saturated rings. The van der Waals surface area contributed by atoms with Crippen LogP contribution in [0.3, 0.4) is 0 Å². The molecule has 0 aliphatic heterocycles. The Bertz CT molecular complexity index is 708. The van der Waals surface area contributed by atoms with Crippen LogP contribution in [-0.4, -0.2) is 16.7 Å². The van der Waals surface area contributed by atoms with Crippen LogP contribution in [0, 0.1) is 11.8 Å². The minimum atomic E-state index is -0.401. The first kappa shape index (κ1) is 16.0. The molecule has 0 saturated heterocycles. The summed E-state index contributed by atoms with van der Waals surface area (Å²) >= 11 is 0. The maximum absolute atomic E-state index is 12.3. The zero-order valence-electron chi connectivity index (χ0n) is 13.4. The fourth-order valence-electron chi connectivity index (χ4n) is 2.51. The van der Waals surface area contributed by atoms with Crippen LogP contribution in [0.25, 0.3) is 10.8 Å². The molecule has 2 aromatic carbocycles. The number of nitrogens with zero attached hydrogens (tertiary/aromatic N) is 1. The average molecular weight is 298 g/mol. The number of phenolic OH excluding ortho intramolecular Hbond substituents is 1. The van der Waals surface area contributed by atoms with Crippen LogP contribution >= 0.6 is 0 Å². The van der Waals surface area contributed by atoms with Crippen molar-refractivity contribution in [3.63, 3.8) is 0 Å². The van der Waals surface area contributed by atoms with Gasteiger partial charge in [-0.3, -0.25) is 4.79 Å². The van der Waals surface area contributed by atoms with E-state index in [1.54, 1.807) is 12.1 Å². The second-order valence-electron chi connectivity index (χ2n) is 6.00. The van der Waals surface area contributed by atoms with E-state index in [4.69, 9.17) is 0 Å². The molecular weight excluding hydrogens is 276 g/mol. The minimum Gasteiger partial charge on any atom is -0.507 e. The molecular formula is C18H22N2O2. The highest BCUT2D eigenvalue weighted by atomic mass is 16.3. The van der Waals surface area contributed by atoms with Gasteiger partial charge in [-0.1, -0.05) is 52.0 Å². The normalized spacial score (nSPS) is 11.0. The third-order valence-corrected chi connectivity index (χ3v) is 3.58. The van der Waals surface area contributed by atoms with Crippen LogP contribution in [0.15, 0.2) is 41.5 Å². The van der Waals surface area contributed by atoms with E-state index in [1.807, 2.05) is 52.0 Å². The molecule has 0 saturated carbocycles. The molecule has 0 heterocycles. The predicted octanol–water partition coefficient (Wildman–Crippen LogP) is 3.94. The van der Waals surface area contributed by atoms with Crippen LogP contribution in [0.2, 0.25) is 0 Å². The Labute approximate surface area is 130 Å². The van der Waals surface area contributed by atoms with Crippen LogP contribution in [0.1, 0.15) is 38.1 Å². The zero-order chi connectivity index (χ0) is 16.3. The molecule has 116 valence electrons. The van der Waals surface area contributed by atoms with Gasteiger partial charge in [-0.15, -0.1) is 0 Å². The SMILES string of the molecule is CC(C)C(=NNC(=O)c1cc2ccccc2cc1O)C(C)C. The van der Waals surface area contributed by atoms with Gasteiger partial charge < -0.3 is 5.11 Å². The van der Waals surface area contributed by atoms with Crippen molar-refractivity contribution in [3.8, 4) is 5.75 Å². The summed E-state index contributed by atoms with van der Waals surface area (Å²) in [6.07, 6.45) is 0. The third-order valence-electron chi connectivity index (χ3n) is 3.58. The summed E-state index contributed by atoms with van der Waals surface area (Å²) in [6.45, 7) is 8.16. The Morgan fingerprint density at radius 1 is 1.05 bits per heavy atom. The Morgan fingerprint density at radius 2 is 1.59 bits per heavy atom. The van der Waals surface area contributed by atoms with Crippen LogP contribution in [0.4, 0.5) is 0 Å². The highest BCUT2D eigenvalue weighted by Gasteiger charge is 2.14. The van der Waals surface area contributed by atoms with Gasteiger partial charge in [-0.2, -0.15) is 5.10 Å². The smallest absolute Gasteiger partial charge is 0.275 e. The average Bonchev–Trinajstić information content (AvgIpc) is 2.45. The van der Waals surface area contributed by atoms with Crippen LogP contribution < -0.4 is 5.43 Å². The molecule has 2 N–H and O–H groups in total. The van der Waals surface area contributed by atoms with E-state index in [9.17, 15) is 9.90 Å². The molecule has 0 bridgehead atoms. The summed E-state index contributed by atoms with van der Waals surface area (Å²) in [5.41, 5.74) is 3.71. The molecule has 0 atom stereocenters. The van der Waals surface area contributed by atoms with Gasteiger partial charge >= 0.3 is 0 Å². The van der Waals surface area contributed by atoms with E-state index in [0.717, 1.165) is 16.5 Å². The number of hydrogen-bond donors (Lipinski definition) is 2. The quantitative estimate of drug-likeness (QED) is 0.663. The summed E-state index contributed by atoms with van der Waals surface area (Å²) < 4.78 is 0. The zero-order valence-corrected chi connectivity index (χ0v) is 13.4. The van der Waals surface area contributed by atoms with Crippen molar-refractivity contribution in [2.24, 2.45) is 16.9 Å². The van der Waals surface area contributed by atoms with Gasteiger partial charge in [0.2, 0.25) is 0 Å². The van der Waals surface area contributed by atoms with Crippen molar-refractivity contribution in [3.05, 3.63) is 42.0 Å². The molecule has 0 spiro atoms. The summed E-state index contributed by atoms with van der Waals surface area (Å²) in [4.78, 5) is 12.3. The minimum absolute atomic E-state index is 0.0398. The number of carbonyl (C=O) groups is 1. The van der Waals surface area contributed by atoms with Gasteiger partial charge in [-0.25, -0.2) is 5.43 Å². The second-order valence-corrected chi connectivity index (χ2v) is 6.00. The molecule has 1 amide bonds. The van der Waals surface area contributed by atoms with Gasteiger partial charge in [0.15, 0.2) is 0 Å². The lowest BCUT2D eigenvalue weighted by atomic mass is 9.98. The molecule has 0 aliphatic rings. The van der Waals surface area contributed by atoms with Crippen molar-refractivity contribution in [2.45, 2.75) is 27.7 Å². The standard InChI is InChI=1S/C18H22N2O2/c1-11(2)17(12(3)4)19-20-18(22)15-9-13-7-5-6-8-14(13)10-16(15)21/h5-12,21H,1-4H3,(H,20,22). The van der Waals surface area contributed by atoms with Gasteiger partial charge in [-0.05, 0) is 34.7 Å². The van der Waals surface area contributed by atoms with Crippen molar-refractivity contribution in [1.29, 1.82) is 0 Å². The van der Waals surface area contributed by atoms with Gasteiger partial charge in [0.05, 0.1) is 5.56 Å². The maximum Gasteiger partial charge on any atom is 0.275 e. The molecule has 2 rings (SSSR count). The van der Waals surface area contributed by atoms with Gasteiger partial charge in [0.25, 0.3) is 5.91 Å². The fourth-order valence-corrected chi connectivity index (χ4v) is 2.51. The van der Waals surface area contributed by atoms with Crippen molar-refractivity contribution >= 4 is 22.4 Å². The number of nitrogens with one attached hydrogen (secondary N) is 1. The molecule has 2 aromatic rings. The number of aromatic hydroxyl groups is 1. The molecule has 0 aromatic heterocycles. The summed E-state index contributed by atoms with van der Waals surface area (Å²) in [5.74, 6) is 0.0695. The Hall–Kier alpha value is -2.36. The Kier molecular flexibility index (Phi) is 4.81. The number of carbonyl (C=O) groups excluding carboxylic acids is 1. The maximum atomic E-state index is 12.3. The summed E-state index contributed by atoms with van der Waals surface area (Å²) in [7, 11) is 0. The van der Waals surface area contributed by atoms with E-state index in [1.165, 1.54) is 0 Å². The number of fused-ring (bicyclic) bond motifs is 1. The lowest BCUT2D eigenvalue weighted by Gasteiger charge is -2.14. The molecule has 0 aliphatic carbocycles. The first-order valence-electron chi connectivity index (χ1n) is 7.49. The van der Waals surface area contributed by atoms with Crippen LogP contribution in [-0.2, 0) is 0 Å². The molecule has 4 nitrogen and oxygen atoms in total. The fraction of sp³-hybridized carbons (Fsp3) is 0.333. The first-order chi connectivity index (χ1) is 10.4. The van der Waals surface area contributed by atoms with Crippen molar-refractivity contribution in [2.75, 3.05) is 0 Å². The highest BCUT2D eigenvalue weighted by Crippen LogP contribution is 2.24. The number of rotatable bonds is 4. The number of hydrazone groups is 1. The topological polar surface area (TPSA) is 61.7 Å². The van der Waals surface area contributed by atoms with E-state index < -0.39 is 5.91 Å².